The van der Waals surface area contributed by atoms with Crippen molar-refractivity contribution >= 4 is 56.6 Å². The Labute approximate surface area is 149 Å². The van der Waals surface area contributed by atoms with E-state index in [4.69, 9.17) is 5.26 Å². The van der Waals surface area contributed by atoms with Gasteiger partial charge in [-0.15, -0.1) is 11.3 Å². The van der Waals surface area contributed by atoms with Gasteiger partial charge in [-0.3, -0.25) is 0 Å². The van der Waals surface area contributed by atoms with Crippen LogP contribution >= 0.6 is 46.4 Å². The molecule has 0 fully saturated rings. The average molecular weight is 366 g/mol. The summed E-state index contributed by atoms with van der Waals surface area (Å²) in [6.45, 7) is 4.00. The first-order valence-electron chi connectivity index (χ1n) is 6.41. The molecule has 22 heavy (non-hydrogen) atoms. The van der Waals surface area contributed by atoms with Gasteiger partial charge < -0.3 is 0 Å². The van der Waals surface area contributed by atoms with Gasteiger partial charge in [0, 0.05) is 11.1 Å². The van der Waals surface area contributed by atoms with Gasteiger partial charge in [0.2, 0.25) is 0 Å². The van der Waals surface area contributed by atoms with Crippen LogP contribution in [0, 0.1) is 11.3 Å². The quantitative estimate of drug-likeness (QED) is 0.573. The minimum atomic E-state index is 0. The van der Waals surface area contributed by atoms with Crippen molar-refractivity contribution in [1.29, 1.82) is 5.26 Å². The molecule has 0 aliphatic carbocycles. The fraction of sp³-hybridized carbons (Fsp3) is 0.133. The van der Waals surface area contributed by atoms with Gasteiger partial charge in [0.05, 0.1) is 10.2 Å². The molecule has 3 aromatic rings. The lowest BCUT2D eigenvalue weighted by atomic mass is 10.3. The third-order valence-corrected chi connectivity index (χ3v) is 5.52. The van der Waals surface area contributed by atoms with E-state index in [1.807, 2.05) is 44.2 Å². The zero-order valence-electron chi connectivity index (χ0n) is 12.1. The molecule has 0 aliphatic heterocycles. The van der Waals surface area contributed by atoms with Gasteiger partial charge in [-0.05, 0) is 41.1 Å². The van der Waals surface area contributed by atoms with Crippen molar-refractivity contribution in [3.63, 3.8) is 0 Å². The SMILES string of the molecule is CC.N#Cc1nc2ccc(SSc3ccccn3)cc2s1.S. The summed E-state index contributed by atoms with van der Waals surface area (Å²) in [5, 5.41) is 10.3. The molecule has 114 valence electrons. The van der Waals surface area contributed by atoms with Crippen LogP contribution in [-0.2, 0) is 0 Å². The van der Waals surface area contributed by atoms with Crippen LogP contribution in [0.2, 0.25) is 0 Å². The molecule has 2 aromatic heterocycles. The molecular weight excluding hydrogens is 350 g/mol. The molecule has 0 N–H and O–H groups in total. The van der Waals surface area contributed by atoms with Crippen LogP contribution in [0.4, 0.5) is 0 Å². The van der Waals surface area contributed by atoms with Crippen LogP contribution < -0.4 is 0 Å². The minimum absolute atomic E-state index is 0. The topological polar surface area (TPSA) is 49.6 Å². The third kappa shape index (κ3) is 4.92. The van der Waals surface area contributed by atoms with Gasteiger partial charge in [0.1, 0.15) is 11.1 Å². The minimum Gasteiger partial charge on any atom is -0.249 e. The van der Waals surface area contributed by atoms with Crippen LogP contribution in [0.5, 0.6) is 0 Å². The number of hydrogen-bond acceptors (Lipinski definition) is 6. The van der Waals surface area contributed by atoms with E-state index >= 15 is 0 Å². The maximum absolute atomic E-state index is 8.84. The summed E-state index contributed by atoms with van der Waals surface area (Å²) >= 11 is 1.42. The lowest BCUT2D eigenvalue weighted by Gasteiger charge is -1.99. The highest BCUT2D eigenvalue weighted by molar-refractivity contribution is 8.76. The molecule has 0 spiro atoms. The Morgan fingerprint density at radius 2 is 1.95 bits per heavy atom. The normalized spacial score (nSPS) is 9.32. The zero-order chi connectivity index (χ0) is 15.1. The van der Waals surface area contributed by atoms with Crippen molar-refractivity contribution in [2.45, 2.75) is 23.8 Å². The van der Waals surface area contributed by atoms with E-state index < -0.39 is 0 Å². The zero-order valence-corrected chi connectivity index (χ0v) is 15.6. The van der Waals surface area contributed by atoms with Crippen LogP contribution in [0.15, 0.2) is 52.5 Å². The molecule has 0 bridgehead atoms. The maximum Gasteiger partial charge on any atom is 0.195 e. The Kier molecular flexibility index (Phi) is 8.35. The molecular formula is C15H15N3S4. The van der Waals surface area contributed by atoms with Crippen molar-refractivity contribution in [3.05, 3.63) is 47.6 Å². The van der Waals surface area contributed by atoms with Crippen molar-refractivity contribution in [2.24, 2.45) is 0 Å². The lowest BCUT2D eigenvalue weighted by molar-refractivity contribution is 1.14. The van der Waals surface area contributed by atoms with Crippen molar-refractivity contribution in [3.8, 4) is 6.07 Å². The molecule has 0 amide bonds. The number of nitrogens with zero attached hydrogens (tertiary/aromatic N) is 3. The van der Waals surface area contributed by atoms with E-state index in [0.717, 1.165) is 20.1 Å². The van der Waals surface area contributed by atoms with Crippen molar-refractivity contribution < 1.29 is 0 Å². The van der Waals surface area contributed by atoms with E-state index in [9.17, 15) is 0 Å². The highest BCUT2D eigenvalue weighted by Gasteiger charge is 2.05. The van der Waals surface area contributed by atoms with Crippen LogP contribution in [0.25, 0.3) is 10.2 Å². The summed E-state index contributed by atoms with van der Waals surface area (Å²) in [4.78, 5) is 9.62. The molecule has 0 saturated carbocycles. The first kappa shape index (κ1) is 18.8. The van der Waals surface area contributed by atoms with E-state index in [0.29, 0.717) is 5.01 Å². The van der Waals surface area contributed by atoms with Gasteiger partial charge in [0.25, 0.3) is 0 Å². The number of hydrogen-bond donors (Lipinski definition) is 0. The van der Waals surface area contributed by atoms with Gasteiger partial charge in [-0.2, -0.15) is 18.8 Å². The standard InChI is InChI=1S/C13H7N3S3.C2H6.H2S/c14-8-13-16-10-5-4-9(7-11(10)17-13)18-19-12-3-1-2-6-15-12;1-2;/h1-7H;1-2H3;1H2. The Morgan fingerprint density at radius 1 is 1.14 bits per heavy atom. The van der Waals surface area contributed by atoms with E-state index in [2.05, 4.69) is 22.1 Å². The number of thiazole rings is 1. The molecule has 3 rings (SSSR count). The molecule has 0 unspecified atom stereocenters. The third-order valence-electron chi connectivity index (χ3n) is 2.32. The summed E-state index contributed by atoms with van der Waals surface area (Å²) in [5.74, 6) is 0. The Bertz CT molecular complexity index is 750. The second kappa shape index (κ2) is 9.74. The summed E-state index contributed by atoms with van der Waals surface area (Å²) < 4.78 is 1.04. The van der Waals surface area contributed by atoms with E-state index in [-0.39, 0.29) is 13.5 Å². The Hall–Kier alpha value is -1.20. The monoisotopic (exact) mass is 365 g/mol. The van der Waals surface area contributed by atoms with Crippen molar-refractivity contribution in [1.82, 2.24) is 9.97 Å². The predicted molar refractivity (Wildman–Crippen MR) is 102 cm³/mol. The number of pyridine rings is 1. The Balaban J connectivity index is 0.000000775. The first-order valence-corrected chi connectivity index (χ1v) is 9.38. The molecule has 7 heteroatoms. The number of nitriles is 1. The van der Waals surface area contributed by atoms with Gasteiger partial charge in [0.15, 0.2) is 5.01 Å². The Morgan fingerprint density at radius 3 is 2.64 bits per heavy atom. The second-order valence-corrected chi connectivity index (χ2v) is 6.85. The number of fused-ring (bicyclic) bond motifs is 1. The fourth-order valence-corrected chi connectivity index (χ4v) is 4.23. The van der Waals surface area contributed by atoms with Crippen LogP contribution in [0.1, 0.15) is 18.9 Å². The van der Waals surface area contributed by atoms with E-state index in [1.54, 1.807) is 27.8 Å². The molecule has 0 saturated heterocycles. The van der Waals surface area contributed by atoms with E-state index in [1.165, 1.54) is 11.3 Å². The largest absolute Gasteiger partial charge is 0.249 e. The molecule has 0 aliphatic rings. The molecule has 2 heterocycles. The molecule has 0 atom stereocenters. The lowest BCUT2D eigenvalue weighted by Crippen LogP contribution is -1.74. The highest BCUT2D eigenvalue weighted by Crippen LogP contribution is 2.37. The average Bonchev–Trinajstić information content (AvgIpc) is 2.98. The fourth-order valence-electron chi connectivity index (χ4n) is 1.49. The number of aromatic nitrogens is 2. The first-order chi connectivity index (χ1) is 10.3. The smallest absolute Gasteiger partial charge is 0.195 e. The number of benzene rings is 1. The maximum atomic E-state index is 8.84. The molecule has 0 radical (unpaired) electrons. The number of rotatable bonds is 3. The van der Waals surface area contributed by atoms with Crippen molar-refractivity contribution in [2.75, 3.05) is 0 Å². The van der Waals surface area contributed by atoms with Gasteiger partial charge >= 0.3 is 0 Å². The summed E-state index contributed by atoms with van der Waals surface area (Å²) in [6.07, 6.45) is 1.79. The van der Waals surface area contributed by atoms with Crippen LogP contribution in [0.3, 0.4) is 0 Å². The van der Waals surface area contributed by atoms with Crippen LogP contribution in [-0.4, -0.2) is 9.97 Å². The summed E-state index contributed by atoms with van der Waals surface area (Å²) in [7, 11) is 3.27. The molecule has 1 aromatic carbocycles. The van der Waals surface area contributed by atoms with Gasteiger partial charge in [-0.1, -0.05) is 30.7 Å². The summed E-state index contributed by atoms with van der Waals surface area (Å²) in [5.41, 5.74) is 0.883. The summed E-state index contributed by atoms with van der Waals surface area (Å²) in [6, 6.07) is 14.0. The van der Waals surface area contributed by atoms with Gasteiger partial charge in [-0.25, -0.2) is 9.97 Å². The predicted octanol–water partition coefficient (Wildman–Crippen LogP) is 5.50. The highest BCUT2D eigenvalue weighted by atomic mass is 33.1. The molecule has 3 nitrogen and oxygen atoms in total. The second-order valence-electron chi connectivity index (χ2n) is 3.59.